The van der Waals surface area contributed by atoms with Crippen LogP contribution in [0.3, 0.4) is 0 Å². The number of hydrogen-bond donors (Lipinski definition) is 6. The fourth-order valence-electron chi connectivity index (χ4n) is 1.49. The zero-order chi connectivity index (χ0) is 16.7. The number of halogens is 1. The van der Waals surface area contributed by atoms with Crippen LogP contribution in [0.1, 0.15) is 5.56 Å². The first-order valence-electron chi connectivity index (χ1n) is 6.29. The van der Waals surface area contributed by atoms with Gasteiger partial charge in [-0.3, -0.25) is 4.79 Å². The van der Waals surface area contributed by atoms with Gasteiger partial charge in [0.25, 0.3) is 5.91 Å². The standard InChI is InChI=1S/C13H17ClN2O6/c14-8-4-2-1-3-7(8)5-15-16-13(22)12(21)11(20)10(19)9(18)6-17/h1-5,9-12,17-21H,6H2,(H,16,22)/b15-5+/t9-,10-,11-,12-/m1/s1. The molecule has 0 bridgehead atoms. The average molecular weight is 333 g/mol. The van der Waals surface area contributed by atoms with Crippen LogP contribution in [0.25, 0.3) is 0 Å². The molecule has 22 heavy (non-hydrogen) atoms. The molecule has 0 aliphatic heterocycles. The molecule has 0 aliphatic carbocycles. The smallest absolute Gasteiger partial charge is 0.271 e. The normalized spacial score (nSPS) is 17.0. The van der Waals surface area contributed by atoms with Crippen LogP contribution in [0.15, 0.2) is 29.4 Å². The largest absolute Gasteiger partial charge is 0.394 e. The molecule has 9 heteroatoms. The SMILES string of the molecule is O=C(N/N=C/c1ccccc1Cl)[C@H](O)[C@H](O)[C@H](O)[C@H](O)CO. The Bertz CT molecular complexity index is 527. The summed E-state index contributed by atoms with van der Waals surface area (Å²) in [6, 6.07) is 6.69. The maximum atomic E-state index is 11.6. The van der Waals surface area contributed by atoms with Gasteiger partial charge in [0.15, 0.2) is 6.10 Å². The van der Waals surface area contributed by atoms with E-state index in [1.165, 1.54) is 6.21 Å². The van der Waals surface area contributed by atoms with Crippen molar-refractivity contribution >= 4 is 23.7 Å². The number of aliphatic hydroxyl groups is 5. The number of amides is 1. The van der Waals surface area contributed by atoms with E-state index < -0.39 is 36.9 Å². The van der Waals surface area contributed by atoms with Crippen LogP contribution in [0.4, 0.5) is 0 Å². The van der Waals surface area contributed by atoms with Crippen LogP contribution in [0.5, 0.6) is 0 Å². The van der Waals surface area contributed by atoms with Crippen LogP contribution in [-0.4, -0.2) is 68.7 Å². The summed E-state index contributed by atoms with van der Waals surface area (Å²) in [6.45, 7) is -0.836. The van der Waals surface area contributed by atoms with Gasteiger partial charge in [-0.25, -0.2) is 5.43 Å². The van der Waals surface area contributed by atoms with Crippen molar-refractivity contribution in [1.82, 2.24) is 5.43 Å². The second-order valence-corrected chi connectivity index (χ2v) is 4.84. The molecule has 0 unspecified atom stereocenters. The highest BCUT2D eigenvalue weighted by Gasteiger charge is 2.34. The van der Waals surface area contributed by atoms with Gasteiger partial charge in [0.2, 0.25) is 0 Å². The zero-order valence-electron chi connectivity index (χ0n) is 11.4. The molecular formula is C13H17ClN2O6. The van der Waals surface area contributed by atoms with E-state index in [4.69, 9.17) is 21.8 Å². The van der Waals surface area contributed by atoms with Gasteiger partial charge in [-0.05, 0) is 6.07 Å². The van der Waals surface area contributed by atoms with Crippen molar-refractivity contribution < 1.29 is 30.3 Å². The fraction of sp³-hybridized carbons (Fsp3) is 0.385. The summed E-state index contributed by atoms with van der Waals surface area (Å²) in [5.74, 6) is -1.10. The number of aliphatic hydroxyl groups excluding tert-OH is 5. The predicted molar refractivity (Wildman–Crippen MR) is 78.3 cm³/mol. The highest BCUT2D eigenvalue weighted by molar-refractivity contribution is 6.33. The molecule has 0 radical (unpaired) electrons. The van der Waals surface area contributed by atoms with Crippen molar-refractivity contribution in [3.63, 3.8) is 0 Å². The van der Waals surface area contributed by atoms with Crippen LogP contribution >= 0.6 is 11.6 Å². The maximum absolute atomic E-state index is 11.6. The molecule has 0 heterocycles. The molecule has 4 atom stereocenters. The first-order valence-corrected chi connectivity index (χ1v) is 6.66. The van der Waals surface area contributed by atoms with Crippen molar-refractivity contribution in [2.45, 2.75) is 24.4 Å². The Hall–Kier alpha value is -1.55. The van der Waals surface area contributed by atoms with Crippen molar-refractivity contribution in [2.24, 2.45) is 5.10 Å². The van der Waals surface area contributed by atoms with Crippen molar-refractivity contribution in [3.8, 4) is 0 Å². The molecular weight excluding hydrogens is 316 g/mol. The van der Waals surface area contributed by atoms with E-state index >= 15 is 0 Å². The minimum absolute atomic E-state index is 0.405. The molecule has 1 rings (SSSR count). The Morgan fingerprint density at radius 1 is 1.23 bits per heavy atom. The van der Waals surface area contributed by atoms with Gasteiger partial charge in [0, 0.05) is 10.6 Å². The molecule has 0 saturated carbocycles. The predicted octanol–water partition coefficient (Wildman–Crippen LogP) is -1.77. The Kier molecular flexibility index (Phi) is 7.39. The van der Waals surface area contributed by atoms with Gasteiger partial charge in [-0.1, -0.05) is 29.8 Å². The van der Waals surface area contributed by atoms with E-state index in [1.807, 2.05) is 5.43 Å². The van der Waals surface area contributed by atoms with E-state index in [-0.39, 0.29) is 0 Å². The monoisotopic (exact) mass is 332 g/mol. The number of rotatable bonds is 7. The van der Waals surface area contributed by atoms with Crippen molar-refractivity contribution in [2.75, 3.05) is 6.61 Å². The fourth-order valence-corrected chi connectivity index (χ4v) is 1.67. The summed E-state index contributed by atoms with van der Waals surface area (Å²) >= 11 is 5.87. The summed E-state index contributed by atoms with van der Waals surface area (Å²) in [7, 11) is 0. The lowest BCUT2D eigenvalue weighted by molar-refractivity contribution is -0.148. The third-order valence-electron chi connectivity index (χ3n) is 2.81. The van der Waals surface area contributed by atoms with Gasteiger partial charge in [0.1, 0.15) is 18.3 Å². The summed E-state index contributed by atoms with van der Waals surface area (Å²) < 4.78 is 0. The third-order valence-corrected chi connectivity index (χ3v) is 3.15. The minimum Gasteiger partial charge on any atom is -0.394 e. The molecule has 6 N–H and O–H groups in total. The number of hydrazone groups is 1. The first kappa shape index (κ1) is 18.5. The quantitative estimate of drug-likeness (QED) is 0.257. The van der Waals surface area contributed by atoms with Gasteiger partial charge in [-0.15, -0.1) is 0 Å². The topological polar surface area (TPSA) is 143 Å². The van der Waals surface area contributed by atoms with Gasteiger partial charge >= 0.3 is 0 Å². The van der Waals surface area contributed by atoms with Gasteiger partial charge < -0.3 is 25.5 Å². The number of nitrogens with one attached hydrogen (secondary N) is 1. The molecule has 0 saturated heterocycles. The first-order chi connectivity index (χ1) is 10.4. The lowest BCUT2D eigenvalue weighted by Crippen LogP contribution is -2.50. The second kappa shape index (κ2) is 8.79. The maximum Gasteiger partial charge on any atom is 0.271 e. The Morgan fingerprint density at radius 2 is 1.86 bits per heavy atom. The van der Waals surface area contributed by atoms with Crippen LogP contribution in [-0.2, 0) is 4.79 Å². The molecule has 1 aromatic carbocycles. The van der Waals surface area contributed by atoms with Crippen LogP contribution in [0.2, 0.25) is 5.02 Å². The van der Waals surface area contributed by atoms with Crippen LogP contribution in [0, 0.1) is 0 Å². The molecule has 0 aliphatic rings. The summed E-state index contributed by atoms with van der Waals surface area (Å²) in [5.41, 5.74) is 2.48. The summed E-state index contributed by atoms with van der Waals surface area (Å²) in [5, 5.41) is 50.2. The molecule has 1 aromatic rings. The Balaban J connectivity index is 2.59. The molecule has 122 valence electrons. The van der Waals surface area contributed by atoms with Gasteiger partial charge in [-0.2, -0.15) is 5.10 Å². The number of benzene rings is 1. The number of carbonyl (C=O) groups excluding carboxylic acids is 1. The number of hydrogen-bond acceptors (Lipinski definition) is 7. The summed E-state index contributed by atoms with van der Waals surface area (Å²) in [6.07, 6.45) is -6.38. The minimum atomic E-state index is -2.04. The summed E-state index contributed by atoms with van der Waals surface area (Å²) in [4.78, 5) is 11.6. The molecule has 0 spiro atoms. The van der Waals surface area contributed by atoms with E-state index in [9.17, 15) is 20.1 Å². The highest BCUT2D eigenvalue weighted by atomic mass is 35.5. The van der Waals surface area contributed by atoms with E-state index in [0.717, 1.165) is 0 Å². The lowest BCUT2D eigenvalue weighted by atomic mass is 10.0. The molecule has 0 fully saturated rings. The Labute approximate surface area is 131 Å². The molecule has 0 aromatic heterocycles. The molecule has 1 amide bonds. The molecule has 8 nitrogen and oxygen atoms in total. The highest BCUT2D eigenvalue weighted by Crippen LogP contribution is 2.12. The van der Waals surface area contributed by atoms with E-state index in [1.54, 1.807) is 24.3 Å². The van der Waals surface area contributed by atoms with Gasteiger partial charge in [0.05, 0.1) is 12.8 Å². The zero-order valence-corrected chi connectivity index (χ0v) is 12.1. The lowest BCUT2D eigenvalue weighted by Gasteiger charge is -2.24. The third kappa shape index (κ3) is 5.02. The van der Waals surface area contributed by atoms with Crippen LogP contribution < -0.4 is 5.43 Å². The van der Waals surface area contributed by atoms with Crippen molar-refractivity contribution in [3.05, 3.63) is 34.9 Å². The average Bonchev–Trinajstić information content (AvgIpc) is 2.53. The van der Waals surface area contributed by atoms with E-state index in [2.05, 4.69) is 5.10 Å². The Morgan fingerprint density at radius 3 is 2.45 bits per heavy atom. The number of carbonyl (C=O) groups is 1. The number of nitrogens with zero attached hydrogens (tertiary/aromatic N) is 1. The second-order valence-electron chi connectivity index (χ2n) is 4.43. The van der Waals surface area contributed by atoms with Crippen molar-refractivity contribution in [1.29, 1.82) is 0 Å². The van der Waals surface area contributed by atoms with E-state index in [0.29, 0.717) is 10.6 Å².